The lowest BCUT2D eigenvalue weighted by atomic mass is 10.2. The Labute approximate surface area is 129 Å². The number of nitrogens with zero attached hydrogens (tertiary/aromatic N) is 2. The van der Waals surface area contributed by atoms with Gasteiger partial charge in [-0.05, 0) is 43.3 Å². The Bertz CT molecular complexity index is 956. The Balaban J connectivity index is 0.00000132. The number of anilines is 1. The van der Waals surface area contributed by atoms with Gasteiger partial charge in [-0.1, -0.05) is 12.1 Å². The molecule has 0 amide bonds. The highest BCUT2D eigenvalue weighted by Crippen LogP contribution is 2.23. The van der Waals surface area contributed by atoms with Crippen LogP contribution in [-0.2, 0) is 6.54 Å². The van der Waals surface area contributed by atoms with E-state index in [9.17, 15) is 0 Å². The lowest BCUT2D eigenvalue weighted by Gasteiger charge is -1.99. The number of para-hydroxylation sites is 2. The molecule has 2 aromatic heterocycles. The fourth-order valence-electron chi connectivity index (χ4n) is 3.07. The van der Waals surface area contributed by atoms with E-state index in [2.05, 4.69) is 58.4 Å². The molecule has 0 aliphatic rings. The Morgan fingerprint density at radius 2 is 1.81 bits per heavy atom. The number of imidazole rings is 1. The maximum Gasteiger partial charge on any atom is 0.287 e. The summed E-state index contributed by atoms with van der Waals surface area (Å²) in [5, 5.41) is 1.17. The Hall–Kier alpha value is -2.26. The number of halogens is 1. The first-order chi connectivity index (χ1) is 9.79. The van der Waals surface area contributed by atoms with Gasteiger partial charge >= 0.3 is 0 Å². The van der Waals surface area contributed by atoms with Gasteiger partial charge in [0, 0.05) is 17.1 Å². The first kappa shape index (κ1) is 13.7. The number of fused-ring (bicyclic) bond motifs is 5. The minimum atomic E-state index is 0. The fraction of sp³-hybridized carbons (Fsp3) is 0.118. The minimum Gasteiger partial charge on any atom is -1.00 e. The molecule has 0 fully saturated rings. The zero-order valence-corrected chi connectivity index (χ0v) is 12.5. The molecule has 0 unspecified atom stereocenters. The molecule has 4 rings (SSSR count). The van der Waals surface area contributed by atoms with E-state index in [0.29, 0.717) is 0 Å². The monoisotopic (exact) mass is 297 g/mol. The second-order valence-electron chi connectivity index (χ2n) is 5.08. The van der Waals surface area contributed by atoms with Crippen LogP contribution in [0.25, 0.3) is 27.6 Å². The molecule has 0 bridgehead atoms. The number of nitrogens with two attached hydrogens (primary N) is 1. The first-order valence-corrected chi connectivity index (χ1v) is 6.91. The van der Waals surface area contributed by atoms with E-state index in [4.69, 9.17) is 5.73 Å². The molecular weight excluding hydrogens is 282 g/mol. The van der Waals surface area contributed by atoms with Gasteiger partial charge < -0.3 is 18.1 Å². The quantitative estimate of drug-likeness (QED) is 0.394. The van der Waals surface area contributed by atoms with E-state index < -0.39 is 0 Å². The van der Waals surface area contributed by atoms with Crippen molar-refractivity contribution in [3.63, 3.8) is 0 Å². The summed E-state index contributed by atoms with van der Waals surface area (Å²) in [6.45, 7) is 3.14. The molecule has 4 aromatic rings. The largest absolute Gasteiger partial charge is 1.00 e. The molecule has 4 heteroatoms. The van der Waals surface area contributed by atoms with Gasteiger partial charge in [0.05, 0.1) is 6.54 Å². The molecule has 0 spiro atoms. The summed E-state index contributed by atoms with van der Waals surface area (Å²) in [5.41, 5.74) is 11.6. The molecule has 0 atom stereocenters. The molecule has 0 saturated heterocycles. The van der Waals surface area contributed by atoms with Crippen LogP contribution >= 0.6 is 0 Å². The topological polar surface area (TPSA) is 34.3 Å². The fourth-order valence-corrected chi connectivity index (χ4v) is 3.07. The number of hydrogen-bond donors (Lipinski definition) is 1. The second kappa shape index (κ2) is 4.93. The zero-order valence-electron chi connectivity index (χ0n) is 11.8. The molecule has 2 aromatic carbocycles. The minimum absolute atomic E-state index is 0. The lowest BCUT2D eigenvalue weighted by molar-refractivity contribution is -0.642. The van der Waals surface area contributed by atoms with Crippen molar-refractivity contribution >= 4 is 33.3 Å². The molecule has 3 nitrogen and oxygen atoms in total. The van der Waals surface area contributed by atoms with E-state index in [1.807, 2.05) is 12.1 Å². The highest BCUT2D eigenvalue weighted by atomic mass is 35.5. The summed E-state index contributed by atoms with van der Waals surface area (Å²) in [4.78, 5) is 0. The van der Waals surface area contributed by atoms with Crippen LogP contribution in [0.1, 0.15) is 6.92 Å². The van der Waals surface area contributed by atoms with Gasteiger partial charge in [-0.15, -0.1) is 0 Å². The SMILES string of the molecule is CC[n+]1c2ccccc2n2c3ccc(N)cc3ccc21.[Cl-]. The Morgan fingerprint density at radius 3 is 2.62 bits per heavy atom. The van der Waals surface area contributed by atoms with Crippen molar-refractivity contribution in [1.82, 2.24) is 4.40 Å². The number of nitrogen functional groups attached to an aromatic ring is 1. The summed E-state index contributed by atoms with van der Waals surface area (Å²) in [5.74, 6) is 0. The average molecular weight is 298 g/mol. The number of benzene rings is 2. The highest BCUT2D eigenvalue weighted by molar-refractivity contribution is 5.89. The number of aromatic nitrogens is 2. The van der Waals surface area contributed by atoms with Crippen LogP contribution in [0, 0.1) is 0 Å². The van der Waals surface area contributed by atoms with E-state index >= 15 is 0 Å². The molecule has 21 heavy (non-hydrogen) atoms. The molecule has 0 aliphatic carbocycles. The molecule has 106 valence electrons. The molecule has 2 heterocycles. The standard InChI is InChI=1S/C17H16N3.ClH/c1-2-19-15-5-3-4-6-16(15)20-14-9-8-13(18)11-12(14)7-10-17(19)20;/h3-11H,2,18H2,1H3;1H/q+1;/p-1. The lowest BCUT2D eigenvalue weighted by Crippen LogP contribution is -3.00. The smallest absolute Gasteiger partial charge is 0.287 e. The van der Waals surface area contributed by atoms with Crippen molar-refractivity contribution in [2.45, 2.75) is 13.5 Å². The van der Waals surface area contributed by atoms with Gasteiger partial charge in [0.1, 0.15) is 5.52 Å². The molecule has 0 radical (unpaired) electrons. The van der Waals surface area contributed by atoms with Crippen LogP contribution in [0.4, 0.5) is 5.69 Å². The summed E-state index contributed by atoms with van der Waals surface area (Å²) in [6, 6.07) is 18.9. The van der Waals surface area contributed by atoms with Gasteiger partial charge in [-0.3, -0.25) is 0 Å². The van der Waals surface area contributed by atoms with Gasteiger partial charge in [0.15, 0.2) is 11.0 Å². The number of aryl methyl sites for hydroxylation is 1. The van der Waals surface area contributed by atoms with Crippen molar-refractivity contribution in [3.8, 4) is 0 Å². The maximum atomic E-state index is 5.90. The van der Waals surface area contributed by atoms with E-state index in [0.717, 1.165) is 12.2 Å². The maximum absolute atomic E-state index is 5.90. The van der Waals surface area contributed by atoms with Crippen LogP contribution in [0.2, 0.25) is 0 Å². The van der Waals surface area contributed by atoms with Crippen LogP contribution in [0.15, 0.2) is 54.6 Å². The molecule has 0 saturated carbocycles. The predicted molar refractivity (Wildman–Crippen MR) is 82.7 cm³/mol. The van der Waals surface area contributed by atoms with E-state index in [1.165, 1.54) is 27.6 Å². The van der Waals surface area contributed by atoms with E-state index in [-0.39, 0.29) is 12.4 Å². The molecular formula is C17H16ClN3. The van der Waals surface area contributed by atoms with Crippen LogP contribution in [-0.4, -0.2) is 4.40 Å². The summed E-state index contributed by atoms with van der Waals surface area (Å²) >= 11 is 0. The van der Waals surface area contributed by atoms with Gasteiger partial charge in [-0.25, -0.2) is 4.57 Å². The third-order valence-corrected chi connectivity index (χ3v) is 3.94. The predicted octanol–water partition coefficient (Wildman–Crippen LogP) is 0.139. The zero-order chi connectivity index (χ0) is 13.7. The molecule has 0 aliphatic heterocycles. The van der Waals surface area contributed by atoms with Gasteiger partial charge in [-0.2, -0.15) is 4.40 Å². The van der Waals surface area contributed by atoms with Gasteiger partial charge in [0.25, 0.3) is 5.65 Å². The third-order valence-electron chi connectivity index (χ3n) is 3.94. The normalized spacial score (nSPS) is 11.1. The van der Waals surface area contributed by atoms with Crippen LogP contribution in [0.3, 0.4) is 0 Å². The number of pyridine rings is 1. The molecule has 2 N–H and O–H groups in total. The number of hydrogen-bond acceptors (Lipinski definition) is 1. The van der Waals surface area contributed by atoms with Gasteiger partial charge in [0.2, 0.25) is 0 Å². The average Bonchev–Trinajstić information content (AvgIpc) is 2.80. The summed E-state index contributed by atoms with van der Waals surface area (Å²) in [6.07, 6.45) is 0. The van der Waals surface area contributed by atoms with Crippen molar-refractivity contribution in [3.05, 3.63) is 54.6 Å². The van der Waals surface area contributed by atoms with Crippen molar-refractivity contribution in [2.75, 3.05) is 5.73 Å². The Morgan fingerprint density at radius 1 is 1.00 bits per heavy atom. The van der Waals surface area contributed by atoms with Crippen molar-refractivity contribution in [1.29, 1.82) is 0 Å². The number of rotatable bonds is 1. The Kier molecular flexibility index (Phi) is 3.22. The van der Waals surface area contributed by atoms with Crippen LogP contribution in [0.5, 0.6) is 0 Å². The van der Waals surface area contributed by atoms with Crippen molar-refractivity contribution < 1.29 is 17.0 Å². The first-order valence-electron chi connectivity index (χ1n) is 6.91. The third kappa shape index (κ3) is 1.85. The van der Waals surface area contributed by atoms with Crippen LogP contribution < -0.4 is 22.7 Å². The summed E-state index contributed by atoms with van der Waals surface area (Å²) in [7, 11) is 0. The summed E-state index contributed by atoms with van der Waals surface area (Å²) < 4.78 is 4.65. The van der Waals surface area contributed by atoms with Crippen molar-refractivity contribution in [2.24, 2.45) is 0 Å². The second-order valence-corrected chi connectivity index (χ2v) is 5.08. The van der Waals surface area contributed by atoms with E-state index in [1.54, 1.807) is 0 Å². The highest BCUT2D eigenvalue weighted by Gasteiger charge is 2.19.